The zero-order valence-corrected chi connectivity index (χ0v) is 16.6. The Kier molecular flexibility index (Phi) is 5.66. The lowest BCUT2D eigenvalue weighted by Gasteiger charge is -2.20. The van der Waals surface area contributed by atoms with Gasteiger partial charge in [0, 0.05) is 12.6 Å². The van der Waals surface area contributed by atoms with Gasteiger partial charge in [-0.3, -0.25) is 4.79 Å². The SMILES string of the molecule is CCN(Cc1nc2cc(OC)c(OC)cc2c(=O)[nH]1)S(=O)(=O)c1ccccc1. The van der Waals surface area contributed by atoms with E-state index in [0.29, 0.717) is 22.4 Å². The molecule has 0 bridgehead atoms. The first-order chi connectivity index (χ1) is 13.4. The van der Waals surface area contributed by atoms with Crippen LogP contribution in [0, 0.1) is 0 Å². The fraction of sp³-hybridized carbons (Fsp3) is 0.263. The van der Waals surface area contributed by atoms with Crippen LogP contribution in [0.2, 0.25) is 0 Å². The molecule has 0 amide bonds. The van der Waals surface area contributed by atoms with Gasteiger partial charge in [-0.25, -0.2) is 13.4 Å². The summed E-state index contributed by atoms with van der Waals surface area (Å²) in [4.78, 5) is 19.8. The van der Waals surface area contributed by atoms with Crippen molar-refractivity contribution < 1.29 is 17.9 Å². The molecule has 1 aromatic heterocycles. The van der Waals surface area contributed by atoms with Gasteiger partial charge in [0.1, 0.15) is 5.82 Å². The number of hydrogen-bond acceptors (Lipinski definition) is 6. The monoisotopic (exact) mass is 403 g/mol. The number of aromatic nitrogens is 2. The van der Waals surface area contributed by atoms with Crippen molar-refractivity contribution in [2.45, 2.75) is 18.4 Å². The van der Waals surface area contributed by atoms with Gasteiger partial charge >= 0.3 is 0 Å². The van der Waals surface area contributed by atoms with Gasteiger partial charge in [-0.15, -0.1) is 0 Å². The van der Waals surface area contributed by atoms with Crippen molar-refractivity contribution in [2.75, 3.05) is 20.8 Å². The maximum absolute atomic E-state index is 12.9. The van der Waals surface area contributed by atoms with Crippen molar-refractivity contribution >= 4 is 20.9 Å². The number of hydrogen-bond donors (Lipinski definition) is 1. The lowest BCUT2D eigenvalue weighted by atomic mass is 10.2. The van der Waals surface area contributed by atoms with Gasteiger partial charge in [-0.05, 0) is 18.2 Å². The Morgan fingerprint density at radius 3 is 2.32 bits per heavy atom. The first-order valence-corrected chi connectivity index (χ1v) is 10.0. The second-order valence-electron chi connectivity index (χ2n) is 5.98. The fourth-order valence-electron chi connectivity index (χ4n) is 2.86. The van der Waals surface area contributed by atoms with Crippen molar-refractivity contribution in [2.24, 2.45) is 0 Å². The Labute approximate surface area is 162 Å². The predicted molar refractivity (Wildman–Crippen MR) is 105 cm³/mol. The standard InChI is InChI=1S/C19H21N3O5S/c1-4-22(28(24,25)13-8-6-5-7-9-13)12-18-20-15-11-17(27-3)16(26-2)10-14(15)19(23)21-18/h5-11H,4,12H2,1-3H3,(H,20,21,23). The molecule has 0 aliphatic rings. The zero-order valence-electron chi connectivity index (χ0n) is 15.8. The minimum atomic E-state index is -3.71. The van der Waals surface area contributed by atoms with Crippen molar-refractivity contribution in [3.05, 3.63) is 58.6 Å². The summed E-state index contributed by atoms with van der Waals surface area (Å²) in [6.45, 7) is 1.89. The topological polar surface area (TPSA) is 102 Å². The van der Waals surface area contributed by atoms with E-state index in [4.69, 9.17) is 9.47 Å². The van der Waals surface area contributed by atoms with Crippen LogP contribution in [0.5, 0.6) is 11.5 Å². The second kappa shape index (κ2) is 7.99. The largest absolute Gasteiger partial charge is 0.493 e. The molecule has 0 aliphatic heterocycles. The molecule has 0 saturated carbocycles. The van der Waals surface area contributed by atoms with Gasteiger partial charge in [-0.2, -0.15) is 4.31 Å². The highest BCUT2D eigenvalue weighted by molar-refractivity contribution is 7.89. The number of methoxy groups -OCH3 is 2. The summed E-state index contributed by atoms with van der Waals surface area (Å²) in [5.41, 5.74) is 0.0127. The van der Waals surface area contributed by atoms with E-state index in [1.54, 1.807) is 37.3 Å². The van der Waals surface area contributed by atoms with E-state index in [-0.39, 0.29) is 29.4 Å². The molecule has 3 aromatic rings. The molecule has 9 heteroatoms. The van der Waals surface area contributed by atoms with Gasteiger partial charge in [0.2, 0.25) is 10.0 Å². The van der Waals surface area contributed by atoms with E-state index in [0.717, 1.165) is 0 Å². The lowest BCUT2D eigenvalue weighted by molar-refractivity contribution is 0.355. The molecule has 8 nitrogen and oxygen atoms in total. The predicted octanol–water partition coefficient (Wildman–Crippen LogP) is 2.15. The molecule has 0 spiro atoms. The van der Waals surface area contributed by atoms with Crippen LogP contribution >= 0.6 is 0 Å². The molecule has 148 valence electrons. The molecule has 1 N–H and O–H groups in total. The van der Waals surface area contributed by atoms with Crippen molar-refractivity contribution in [3.8, 4) is 11.5 Å². The van der Waals surface area contributed by atoms with Crippen molar-refractivity contribution in [3.63, 3.8) is 0 Å². The Hall–Kier alpha value is -2.91. The molecular weight excluding hydrogens is 382 g/mol. The van der Waals surface area contributed by atoms with Gasteiger partial charge in [0.15, 0.2) is 11.5 Å². The Morgan fingerprint density at radius 2 is 1.71 bits per heavy atom. The number of ether oxygens (including phenoxy) is 2. The fourth-order valence-corrected chi connectivity index (χ4v) is 4.30. The number of nitrogens with zero attached hydrogens (tertiary/aromatic N) is 2. The molecule has 2 aromatic carbocycles. The molecule has 0 fully saturated rings. The number of rotatable bonds is 7. The average molecular weight is 403 g/mol. The molecule has 0 saturated heterocycles. The first-order valence-electron chi connectivity index (χ1n) is 8.60. The van der Waals surface area contributed by atoms with Gasteiger partial charge in [-0.1, -0.05) is 25.1 Å². The summed E-state index contributed by atoms with van der Waals surface area (Å²) in [5.74, 6) is 1.09. The molecule has 0 aliphatic carbocycles. The van der Waals surface area contributed by atoms with Gasteiger partial charge < -0.3 is 14.5 Å². The van der Waals surface area contributed by atoms with E-state index in [1.807, 2.05) is 0 Å². The number of nitrogens with one attached hydrogen (secondary N) is 1. The highest BCUT2D eigenvalue weighted by atomic mass is 32.2. The third-order valence-electron chi connectivity index (χ3n) is 4.32. The summed E-state index contributed by atoms with van der Waals surface area (Å²) < 4.78 is 37.5. The van der Waals surface area contributed by atoms with Crippen LogP contribution in [-0.2, 0) is 16.6 Å². The highest BCUT2D eigenvalue weighted by Crippen LogP contribution is 2.30. The zero-order chi connectivity index (χ0) is 20.3. The average Bonchev–Trinajstić information content (AvgIpc) is 2.71. The minimum Gasteiger partial charge on any atom is -0.493 e. The third kappa shape index (κ3) is 3.71. The molecular formula is C19H21N3O5S. The van der Waals surface area contributed by atoms with Crippen LogP contribution in [0.25, 0.3) is 10.9 Å². The Morgan fingerprint density at radius 1 is 1.07 bits per heavy atom. The molecule has 3 rings (SSSR count). The van der Waals surface area contributed by atoms with Crippen LogP contribution < -0.4 is 15.0 Å². The molecule has 0 atom stereocenters. The quantitative estimate of drug-likeness (QED) is 0.649. The smallest absolute Gasteiger partial charge is 0.258 e. The number of aromatic amines is 1. The molecule has 0 unspecified atom stereocenters. The van der Waals surface area contributed by atoms with Crippen molar-refractivity contribution in [1.82, 2.24) is 14.3 Å². The number of benzene rings is 2. The van der Waals surface area contributed by atoms with Crippen LogP contribution in [0.1, 0.15) is 12.7 Å². The summed E-state index contributed by atoms with van der Waals surface area (Å²) in [5, 5.41) is 0.329. The number of fused-ring (bicyclic) bond motifs is 1. The minimum absolute atomic E-state index is 0.0622. The van der Waals surface area contributed by atoms with Crippen LogP contribution in [0.3, 0.4) is 0 Å². The maximum atomic E-state index is 12.9. The van der Waals surface area contributed by atoms with E-state index in [1.165, 1.54) is 30.7 Å². The normalized spacial score (nSPS) is 11.7. The lowest BCUT2D eigenvalue weighted by Crippen LogP contribution is -2.32. The van der Waals surface area contributed by atoms with E-state index in [9.17, 15) is 13.2 Å². The van der Waals surface area contributed by atoms with Gasteiger partial charge in [0.25, 0.3) is 5.56 Å². The second-order valence-corrected chi connectivity index (χ2v) is 7.92. The first kappa shape index (κ1) is 19.8. The van der Waals surface area contributed by atoms with Crippen LogP contribution in [0.4, 0.5) is 0 Å². The summed E-state index contributed by atoms with van der Waals surface area (Å²) >= 11 is 0. The molecule has 0 radical (unpaired) electrons. The molecule has 1 heterocycles. The Bertz CT molecular complexity index is 1140. The summed E-state index contributed by atoms with van der Waals surface area (Å²) in [6, 6.07) is 11.3. The van der Waals surface area contributed by atoms with Crippen LogP contribution in [-0.4, -0.2) is 43.5 Å². The summed E-state index contributed by atoms with van der Waals surface area (Å²) in [7, 11) is -0.744. The summed E-state index contributed by atoms with van der Waals surface area (Å²) in [6.07, 6.45) is 0. The molecule has 28 heavy (non-hydrogen) atoms. The number of sulfonamides is 1. The van der Waals surface area contributed by atoms with E-state index in [2.05, 4.69) is 9.97 Å². The highest BCUT2D eigenvalue weighted by Gasteiger charge is 2.24. The third-order valence-corrected chi connectivity index (χ3v) is 6.25. The maximum Gasteiger partial charge on any atom is 0.258 e. The number of H-pyrrole nitrogens is 1. The van der Waals surface area contributed by atoms with Gasteiger partial charge in [0.05, 0.1) is 36.6 Å². The Balaban J connectivity index is 2.02. The van der Waals surface area contributed by atoms with E-state index < -0.39 is 10.0 Å². The van der Waals surface area contributed by atoms with Crippen molar-refractivity contribution in [1.29, 1.82) is 0 Å². The van der Waals surface area contributed by atoms with E-state index >= 15 is 0 Å². The van der Waals surface area contributed by atoms with Crippen LogP contribution in [0.15, 0.2) is 52.2 Å².